The van der Waals surface area contributed by atoms with Gasteiger partial charge in [0, 0.05) is 17.3 Å². The number of benzene rings is 2. The normalized spacial score (nSPS) is 10.8. The summed E-state index contributed by atoms with van der Waals surface area (Å²) in [6.45, 7) is 0.0225. The maximum atomic E-state index is 11.0. The highest BCUT2D eigenvalue weighted by Crippen LogP contribution is 2.22. The van der Waals surface area contributed by atoms with E-state index in [0.29, 0.717) is 0 Å². The van der Waals surface area contributed by atoms with E-state index in [4.69, 9.17) is 10.2 Å². The van der Waals surface area contributed by atoms with Crippen molar-refractivity contribution in [1.29, 1.82) is 0 Å². The van der Waals surface area contributed by atoms with Gasteiger partial charge in [-0.3, -0.25) is 0 Å². The van der Waals surface area contributed by atoms with Crippen molar-refractivity contribution < 1.29 is 15.0 Å². The highest BCUT2D eigenvalue weighted by molar-refractivity contribution is 5.94. The van der Waals surface area contributed by atoms with Crippen molar-refractivity contribution in [2.24, 2.45) is 0 Å². The van der Waals surface area contributed by atoms with E-state index in [9.17, 15) is 4.79 Å². The molecule has 0 aliphatic heterocycles. The number of carbonyl (C=O) groups is 1. The largest absolute Gasteiger partial charge is 0.478 e. The molecule has 3 aromatic rings. The molecule has 0 fully saturated rings. The van der Waals surface area contributed by atoms with Crippen LogP contribution < -0.4 is 0 Å². The number of aromatic nitrogens is 1. The van der Waals surface area contributed by atoms with Gasteiger partial charge in [-0.2, -0.15) is 0 Å². The van der Waals surface area contributed by atoms with Crippen LogP contribution in [0.25, 0.3) is 16.6 Å². The number of aromatic carboxylic acids is 1. The zero-order valence-electron chi connectivity index (χ0n) is 10.7. The molecule has 0 saturated carbocycles. The molecule has 0 saturated heterocycles. The summed E-state index contributed by atoms with van der Waals surface area (Å²) in [4.78, 5) is 11.0. The van der Waals surface area contributed by atoms with E-state index >= 15 is 0 Å². The fraction of sp³-hybridized carbons (Fsp3) is 0.0625. The van der Waals surface area contributed by atoms with Gasteiger partial charge >= 0.3 is 5.97 Å². The third-order valence-corrected chi connectivity index (χ3v) is 3.33. The van der Waals surface area contributed by atoms with Crippen molar-refractivity contribution >= 4 is 16.9 Å². The lowest BCUT2D eigenvalue weighted by molar-refractivity contribution is 0.0697. The Labute approximate surface area is 115 Å². The number of rotatable bonds is 3. The third kappa shape index (κ3) is 2.06. The highest BCUT2D eigenvalue weighted by atomic mass is 16.4. The summed E-state index contributed by atoms with van der Waals surface area (Å²) >= 11 is 0. The Morgan fingerprint density at radius 3 is 2.45 bits per heavy atom. The van der Waals surface area contributed by atoms with Crippen LogP contribution in [0.15, 0.2) is 54.7 Å². The maximum Gasteiger partial charge on any atom is 0.335 e. The van der Waals surface area contributed by atoms with Gasteiger partial charge in [-0.05, 0) is 42.0 Å². The Balaban J connectivity index is 2.09. The number of fused-ring (bicyclic) bond motifs is 1. The Hall–Kier alpha value is -2.59. The van der Waals surface area contributed by atoms with Crippen molar-refractivity contribution in [3.63, 3.8) is 0 Å². The van der Waals surface area contributed by atoms with E-state index in [2.05, 4.69) is 0 Å². The Morgan fingerprint density at radius 1 is 1.05 bits per heavy atom. The van der Waals surface area contributed by atoms with Crippen molar-refractivity contribution in [2.75, 3.05) is 0 Å². The first-order chi connectivity index (χ1) is 9.69. The molecular weight excluding hydrogens is 254 g/mol. The summed E-state index contributed by atoms with van der Waals surface area (Å²) in [7, 11) is 0. The summed E-state index contributed by atoms with van der Waals surface area (Å²) in [5.41, 5.74) is 3.07. The van der Waals surface area contributed by atoms with Crippen LogP contribution in [-0.2, 0) is 6.61 Å². The van der Waals surface area contributed by atoms with E-state index in [-0.39, 0.29) is 12.2 Å². The fourth-order valence-electron chi connectivity index (χ4n) is 2.26. The van der Waals surface area contributed by atoms with Crippen molar-refractivity contribution in [2.45, 2.75) is 6.61 Å². The third-order valence-electron chi connectivity index (χ3n) is 3.33. The maximum absolute atomic E-state index is 11.0. The number of hydrogen-bond donors (Lipinski definition) is 2. The van der Waals surface area contributed by atoms with Gasteiger partial charge in [-0.15, -0.1) is 0 Å². The molecule has 0 amide bonds. The molecule has 2 N–H and O–H groups in total. The van der Waals surface area contributed by atoms with Crippen molar-refractivity contribution in [1.82, 2.24) is 4.57 Å². The van der Waals surface area contributed by atoms with E-state index < -0.39 is 5.97 Å². The second-order valence-electron chi connectivity index (χ2n) is 4.59. The average molecular weight is 267 g/mol. The van der Waals surface area contributed by atoms with Crippen LogP contribution in [0.5, 0.6) is 0 Å². The topological polar surface area (TPSA) is 62.5 Å². The lowest BCUT2D eigenvalue weighted by Gasteiger charge is -2.06. The molecular formula is C16H13NO3. The molecule has 100 valence electrons. The van der Waals surface area contributed by atoms with Gasteiger partial charge in [0.15, 0.2) is 0 Å². The molecule has 1 heterocycles. The highest BCUT2D eigenvalue weighted by Gasteiger charge is 2.07. The zero-order valence-corrected chi connectivity index (χ0v) is 10.7. The molecule has 4 nitrogen and oxygen atoms in total. The molecule has 0 aliphatic carbocycles. The molecule has 0 radical (unpaired) electrons. The quantitative estimate of drug-likeness (QED) is 0.767. The van der Waals surface area contributed by atoms with Crippen LogP contribution in [0.2, 0.25) is 0 Å². The average Bonchev–Trinajstić information content (AvgIpc) is 2.90. The summed E-state index contributed by atoms with van der Waals surface area (Å²) in [6, 6.07) is 14.5. The standard InChI is InChI=1S/C16H13NO3/c18-10-11-1-4-14(5-2-11)17-8-7-12-9-13(16(19)20)3-6-15(12)17/h1-9,18H,10H2,(H,19,20). The van der Waals surface area contributed by atoms with Crippen LogP contribution >= 0.6 is 0 Å². The van der Waals surface area contributed by atoms with Gasteiger partial charge < -0.3 is 14.8 Å². The molecule has 3 rings (SSSR count). The Morgan fingerprint density at radius 2 is 1.80 bits per heavy atom. The number of nitrogens with zero attached hydrogens (tertiary/aromatic N) is 1. The second-order valence-corrected chi connectivity index (χ2v) is 4.59. The number of carboxylic acids is 1. The molecule has 0 bridgehead atoms. The minimum absolute atomic E-state index is 0.0225. The molecule has 20 heavy (non-hydrogen) atoms. The summed E-state index contributed by atoms with van der Waals surface area (Å²) in [5, 5.41) is 18.9. The monoisotopic (exact) mass is 267 g/mol. The number of hydrogen-bond acceptors (Lipinski definition) is 2. The summed E-state index contributed by atoms with van der Waals surface area (Å²) < 4.78 is 1.99. The lowest BCUT2D eigenvalue weighted by Crippen LogP contribution is -1.96. The SMILES string of the molecule is O=C(O)c1ccc2c(ccn2-c2ccc(CO)cc2)c1. The Bertz CT molecular complexity index is 772. The number of aliphatic hydroxyl groups is 1. The molecule has 0 unspecified atom stereocenters. The van der Waals surface area contributed by atoms with Gasteiger partial charge in [-0.1, -0.05) is 12.1 Å². The number of carboxylic acid groups (broad SMARTS) is 1. The van der Waals surface area contributed by atoms with Gasteiger partial charge in [0.2, 0.25) is 0 Å². The summed E-state index contributed by atoms with van der Waals surface area (Å²) in [5.74, 6) is -0.924. The molecule has 2 aromatic carbocycles. The van der Waals surface area contributed by atoms with Crippen LogP contribution in [0, 0.1) is 0 Å². The molecule has 1 aromatic heterocycles. The van der Waals surface area contributed by atoms with Gasteiger partial charge in [0.05, 0.1) is 17.7 Å². The van der Waals surface area contributed by atoms with Gasteiger partial charge in [0.25, 0.3) is 0 Å². The predicted octanol–water partition coefficient (Wildman–Crippen LogP) is 2.82. The van der Waals surface area contributed by atoms with Crippen LogP contribution in [0.4, 0.5) is 0 Å². The van der Waals surface area contributed by atoms with E-state index in [1.54, 1.807) is 18.2 Å². The predicted molar refractivity (Wildman–Crippen MR) is 76.2 cm³/mol. The Kier molecular flexibility index (Phi) is 3.00. The van der Waals surface area contributed by atoms with Crippen LogP contribution in [-0.4, -0.2) is 20.7 Å². The fourth-order valence-corrected chi connectivity index (χ4v) is 2.26. The van der Waals surface area contributed by atoms with Crippen LogP contribution in [0.3, 0.4) is 0 Å². The minimum atomic E-state index is -0.924. The first-order valence-electron chi connectivity index (χ1n) is 6.23. The molecule has 4 heteroatoms. The van der Waals surface area contributed by atoms with E-state index in [1.165, 1.54) is 0 Å². The van der Waals surface area contributed by atoms with Crippen molar-refractivity contribution in [3.8, 4) is 5.69 Å². The molecule has 0 spiro atoms. The molecule has 0 atom stereocenters. The van der Waals surface area contributed by atoms with E-state index in [1.807, 2.05) is 41.1 Å². The van der Waals surface area contributed by atoms with Gasteiger partial charge in [-0.25, -0.2) is 4.79 Å². The summed E-state index contributed by atoms with van der Waals surface area (Å²) in [6.07, 6.45) is 1.91. The smallest absolute Gasteiger partial charge is 0.335 e. The van der Waals surface area contributed by atoms with E-state index in [0.717, 1.165) is 22.2 Å². The lowest BCUT2D eigenvalue weighted by atomic mass is 10.1. The second kappa shape index (κ2) is 4.83. The first kappa shape index (κ1) is 12.4. The van der Waals surface area contributed by atoms with Crippen LogP contribution in [0.1, 0.15) is 15.9 Å². The van der Waals surface area contributed by atoms with Gasteiger partial charge in [0.1, 0.15) is 0 Å². The zero-order chi connectivity index (χ0) is 14.1. The van der Waals surface area contributed by atoms with Crippen molar-refractivity contribution in [3.05, 3.63) is 65.9 Å². The first-order valence-corrected chi connectivity index (χ1v) is 6.23. The molecule has 0 aliphatic rings. The minimum Gasteiger partial charge on any atom is -0.478 e. The number of aliphatic hydroxyl groups excluding tert-OH is 1.